The number of ether oxygens (including phenoxy) is 1. The lowest BCUT2D eigenvalue weighted by Crippen LogP contribution is -2.27. The number of carboxylic acids is 1. The molecule has 8 heteroatoms. The first kappa shape index (κ1) is 24.7. The highest BCUT2D eigenvalue weighted by Crippen LogP contribution is 2.29. The third-order valence-corrected chi connectivity index (χ3v) is 6.63. The summed E-state index contributed by atoms with van der Waals surface area (Å²) >= 11 is 6.00. The predicted octanol–water partition coefficient (Wildman–Crippen LogP) is 6.66. The van der Waals surface area contributed by atoms with E-state index < -0.39 is 17.2 Å². The molecule has 6 nitrogen and oxygen atoms in total. The Morgan fingerprint density at radius 1 is 1.03 bits per heavy atom. The molecule has 0 atom stereocenters. The molecule has 0 amide bonds. The zero-order valence-electron chi connectivity index (χ0n) is 20.4. The Labute approximate surface area is 218 Å². The van der Waals surface area contributed by atoms with Gasteiger partial charge in [0.15, 0.2) is 0 Å². The number of pyridine rings is 1. The van der Waals surface area contributed by atoms with Crippen LogP contribution in [0.15, 0.2) is 72.8 Å². The van der Waals surface area contributed by atoms with Gasteiger partial charge in [0.1, 0.15) is 24.0 Å². The normalized spacial score (nSPS) is 11.8. The molecular formula is C29H25ClFN3O3. The quantitative estimate of drug-likeness (QED) is 0.249. The van der Waals surface area contributed by atoms with E-state index in [2.05, 4.69) is 4.98 Å². The zero-order chi connectivity index (χ0) is 26.2. The molecule has 5 rings (SSSR count). The zero-order valence-corrected chi connectivity index (χ0v) is 21.2. The number of hydrogen-bond acceptors (Lipinski definition) is 4. The van der Waals surface area contributed by atoms with Crippen molar-refractivity contribution in [1.82, 2.24) is 14.5 Å². The van der Waals surface area contributed by atoms with E-state index in [0.717, 1.165) is 27.7 Å². The molecular weight excluding hydrogens is 493 g/mol. The van der Waals surface area contributed by atoms with Crippen molar-refractivity contribution in [2.45, 2.75) is 33.4 Å². The Kier molecular flexibility index (Phi) is 6.56. The van der Waals surface area contributed by atoms with Crippen LogP contribution in [-0.4, -0.2) is 25.6 Å². The van der Waals surface area contributed by atoms with Gasteiger partial charge in [-0.15, -0.1) is 0 Å². The molecule has 2 heterocycles. The molecule has 0 saturated carbocycles. The Morgan fingerprint density at radius 2 is 1.84 bits per heavy atom. The summed E-state index contributed by atoms with van der Waals surface area (Å²) in [4.78, 5) is 21.2. The van der Waals surface area contributed by atoms with Gasteiger partial charge in [0.25, 0.3) is 0 Å². The summed E-state index contributed by atoms with van der Waals surface area (Å²) in [5.74, 6) is -0.171. The largest absolute Gasteiger partial charge is 0.487 e. The van der Waals surface area contributed by atoms with E-state index in [9.17, 15) is 14.3 Å². The van der Waals surface area contributed by atoms with E-state index in [1.54, 1.807) is 26.0 Å². The summed E-state index contributed by atoms with van der Waals surface area (Å²) in [6.45, 7) is 3.99. The molecule has 0 unspecified atom stereocenters. The minimum absolute atomic E-state index is 0.0346. The molecule has 1 N–H and O–H groups in total. The van der Waals surface area contributed by atoms with Gasteiger partial charge in [-0.05, 0) is 55.8 Å². The van der Waals surface area contributed by atoms with Gasteiger partial charge in [0.2, 0.25) is 0 Å². The highest BCUT2D eigenvalue weighted by atomic mass is 35.5. The van der Waals surface area contributed by atoms with Crippen molar-refractivity contribution in [2.75, 3.05) is 0 Å². The Balaban J connectivity index is 1.46. The van der Waals surface area contributed by atoms with Gasteiger partial charge >= 0.3 is 5.97 Å². The molecule has 3 aromatic carbocycles. The standard InChI is InChI=1S/C29H25ClFN3O3/c1-29(2,28(35)36)15-27-33-25-14-21(37-17-20-9-8-19-5-3-4-6-24(19)32-20)10-12-26(25)34(27)16-18-7-11-23(31)22(30)13-18/h3-14H,15-17H2,1-2H3,(H,35,36). The smallest absolute Gasteiger partial charge is 0.309 e. The maximum atomic E-state index is 13.7. The number of para-hydroxylation sites is 1. The first-order valence-corrected chi connectivity index (χ1v) is 12.2. The van der Waals surface area contributed by atoms with Crippen LogP contribution in [0.25, 0.3) is 21.9 Å². The van der Waals surface area contributed by atoms with Crippen molar-refractivity contribution >= 4 is 39.5 Å². The van der Waals surface area contributed by atoms with E-state index in [1.165, 1.54) is 6.07 Å². The molecule has 0 saturated heterocycles. The SMILES string of the molecule is CC(C)(Cc1nc2cc(OCc3ccc4ccccc4n3)ccc2n1Cc1ccc(F)c(Cl)c1)C(=O)O. The van der Waals surface area contributed by atoms with Crippen LogP contribution >= 0.6 is 11.6 Å². The number of halogens is 2. The van der Waals surface area contributed by atoms with Crippen LogP contribution in [0.1, 0.15) is 30.9 Å². The van der Waals surface area contributed by atoms with Crippen molar-refractivity contribution in [1.29, 1.82) is 0 Å². The number of aromatic nitrogens is 3. The van der Waals surface area contributed by atoms with Crippen LogP contribution in [-0.2, 0) is 24.4 Å². The number of imidazole rings is 1. The van der Waals surface area contributed by atoms with Gasteiger partial charge < -0.3 is 14.4 Å². The lowest BCUT2D eigenvalue weighted by molar-refractivity contribution is -0.146. The van der Waals surface area contributed by atoms with E-state index >= 15 is 0 Å². The lowest BCUT2D eigenvalue weighted by atomic mass is 9.89. The van der Waals surface area contributed by atoms with Crippen molar-refractivity contribution in [3.63, 3.8) is 0 Å². The summed E-state index contributed by atoms with van der Waals surface area (Å²) in [6, 6.07) is 22.0. The first-order valence-electron chi connectivity index (χ1n) is 11.8. The predicted molar refractivity (Wildman–Crippen MR) is 141 cm³/mol. The van der Waals surface area contributed by atoms with Crippen LogP contribution in [0.2, 0.25) is 5.02 Å². The van der Waals surface area contributed by atoms with Gasteiger partial charge in [-0.1, -0.05) is 41.9 Å². The number of aliphatic carboxylic acids is 1. The highest BCUT2D eigenvalue weighted by Gasteiger charge is 2.30. The fraction of sp³-hybridized carbons (Fsp3) is 0.207. The van der Waals surface area contributed by atoms with E-state index in [4.69, 9.17) is 21.3 Å². The Bertz CT molecular complexity index is 1630. The molecule has 37 heavy (non-hydrogen) atoms. The minimum Gasteiger partial charge on any atom is -0.487 e. The summed E-state index contributed by atoms with van der Waals surface area (Å²) in [5, 5.41) is 10.8. The van der Waals surface area contributed by atoms with Crippen LogP contribution in [0.4, 0.5) is 4.39 Å². The molecule has 188 valence electrons. The minimum atomic E-state index is -1.03. The topological polar surface area (TPSA) is 77.2 Å². The van der Waals surface area contributed by atoms with E-state index in [-0.39, 0.29) is 11.4 Å². The van der Waals surface area contributed by atoms with Gasteiger partial charge in [-0.25, -0.2) is 14.4 Å². The Hall–Kier alpha value is -3.97. The van der Waals surface area contributed by atoms with Crippen LogP contribution in [0, 0.1) is 11.2 Å². The first-order chi connectivity index (χ1) is 17.7. The summed E-state index contributed by atoms with van der Waals surface area (Å²) in [7, 11) is 0. The van der Waals surface area contributed by atoms with E-state index in [1.807, 2.05) is 59.2 Å². The van der Waals surface area contributed by atoms with Gasteiger partial charge in [-0.3, -0.25) is 4.79 Å². The average Bonchev–Trinajstić information content (AvgIpc) is 3.20. The fourth-order valence-corrected chi connectivity index (χ4v) is 4.40. The molecule has 0 aliphatic heterocycles. The van der Waals surface area contributed by atoms with Crippen molar-refractivity contribution in [2.24, 2.45) is 5.41 Å². The second kappa shape index (κ2) is 9.82. The highest BCUT2D eigenvalue weighted by molar-refractivity contribution is 6.30. The number of carboxylic acid groups (broad SMARTS) is 1. The maximum absolute atomic E-state index is 13.7. The summed E-state index contributed by atoms with van der Waals surface area (Å²) in [6.07, 6.45) is 0.211. The number of fused-ring (bicyclic) bond motifs is 2. The van der Waals surface area contributed by atoms with Crippen molar-refractivity contribution in [3.05, 3.63) is 101 Å². The third kappa shape index (κ3) is 5.27. The number of nitrogens with zero attached hydrogens (tertiary/aromatic N) is 3. The maximum Gasteiger partial charge on any atom is 0.309 e. The second-order valence-electron chi connectivity index (χ2n) is 9.66. The lowest BCUT2D eigenvalue weighted by Gasteiger charge is -2.19. The molecule has 0 radical (unpaired) electrons. The van der Waals surface area contributed by atoms with Crippen molar-refractivity contribution in [3.8, 4) is 5.75 Å². The van der Waals surface area contributed by atoms with Gasteiger partial charge in [0.05, 0.1) is 32.7 Å². The molecule has 5 aromatic rings. The number of benzene rings is 3. The molecule has 0 fully saturated rings. The van der Waals surface area contributed by atoms with Crippen LogP contribution < -0.4 is 4.74 Å². The molecule has 0 spiro atoms. The van der Waals surface area contributed by atoms with E-state index in [0.29, 0.717) is 30.2 Å². The molecule has 0 bridgehead atoms. The van der Waals surface area contributed by atoms with Crippen molar-refractivity contribution < 1.29 is 19.0 Å². The van der Waals surface area contributed by atoms with Crippen LogP contribution in [0.3, 0.4) is 0 Å². The van der Waals surface area contributed by atoms with Crippen LogP contribution in [0.5, 0.6) is 5.75 Å². The third-order valence-electron chi connectivity index (χ3n) is 6.35. The number of rotatable bonds is 8. The van der Waals surface area contributed by atoms with Gasteiger partial charge in [-0.2, -0.15) is 0 Å². The molecule has 0 aliphatic rings. The number of hydrogen-bond donors (Lipinski definition) is 1. The second-order valence-corrected chi connectivity index (χ2v) is 10.1. The molecule has 2 aromatic heterocycles. The summed E-state index contributed by atoms with van der Waals surface area (Å²) < 4.78 is 21.7. The Morgan fingerprint density at radius 3 is 2.62 bits per heavy atom. The molecule has 0 aliphatic carbocycles. The van der Waals surface area contributed by atoms with Gasteiger partial charge in [0, 0.05) is 24.4 Å². The average molecular weight is 518 g/mol. The fourth-order valence-electron chi connectivity index (χ4n) is 4.20. The summed E-state index contributed by atoms with van der Waals surface area (Å²) in [5.41, 5.74) is 2.95. The monoisotopic (exact) mass is 517 g/mol. The number of carbonyl (C=O) groups is 1.